The van der Waals surface area contributed by atoms with Crippen LogP contribution in [0.25, 0.3) is 0 Å². The standard InChI is InChI=1S/C13H15F2NO2/c1-8-2-5-10(14)11(12(8)15)13(18)16(6-7-17)9-3-4-9/h2,5,9,17H,3-4,6-7H2,1H3. The number of carbonyl (C=O) groups excluding carboxylic acids is 1. The summed E-state index contributed by atoms with van der Waals surface area (Å²) in [6.45, 7) is 1.38. The molecule has 0 aromatic heterocycles. The third kappa shape index (κ3) is 2.36. The molecule has 1 aromatic carbocycles. The van der Waals surface area contributed by atoms with E-state index in [1.54, 1.807) is 0 Å². The topological polar surface area (TPSA) is 40.5 Å². The van der Waals surface area contributed by atoms with Gasteiger partial charge in [-0.15, -0.1) is 0 Å². The van der Waals surface area contributed by atoms with Crippen LogP contribution in [-0.2, 0) is 0 Å². The SMILES string of the molecule is Cc1ccc(F)c(C(=O)N(CCO)C2CC2)c1F. The van der Waals surface area contributed by atoms with Gasteiger partial charge in [0.2, 0.25) is 0 Å². The van der Waals surface area contributed by atoms with Crippen molar-refractivity contribution in [1.29, 1.82) is 0 Å². The minimum absolute atomic E-state index is 0.00367. The lowest BCUT2D eigenvalue weighted by Crippen LogP contribution is -2.36. The number of carbonyl (C=O) groups is 1. The molecule has 1 aliphatic rings. The molecule has 0 heterocycles. The summed E-state index contributed by atoms with van der Waals surface area (Å²) in [4.78, 5) is 13.5. The molecule has 1 N–H and O–H groups in total. The number of hydrogen-bond donors (Lipinski definition) is 1. The molecule has 0 saturated heterocycles. The Kier molecular flexibility index (Phi) is 3.61. The van der Waals surface area contributed by atoms with Gasteiger partial charge < -0.3 is 10.0 Å². The fraction of sp³-hybridized carbons (Fsp3) is 0.462. The fourth-order valence-corrected chi connectivity index (χ4v) is 1.94. The number of benzene rings is 1. The number of hydrogen-bond acceptors (Lipinski definition) is 2. The molecule has 1 aliphatic carbocycles. The first-order chi connectivity index (χ1) is 8.56. The van der Waals surface area contributed by atoms with Gasteiger partial charge in [-0.2, -0.15) is 0 Å². The Labute approximate surface area is 104 Å². The average molecular weight is 255 g/mol. The Balaban J connectivity index is 2.34. The van der Waals surface area contributed by atoms with Crippen molar-refractivity contribution < 1.29 is 18.7 Å². The summed E-state index contributed by atoms with van der Waals surface area (Å²) in [6, 6.07) is 2.40. The summed E-state index contributed by atoms with van der Waals surface area (Å²) in [7, 11) is 0. The second-order valence-electron chi connectivity index (χ2n) is 4.51. The predicted molar refractivity (Wildman–Crippen MR) is 62.2 cm³/mol. The van der Waals surface area contributed by atoms with Crippen molar-refractivity contribution in [2.24, 2.45) is 0 Å². The largest absolute Gasteiger partial charge is 0.395 e. The molecule has 1 aromatic rings. The first-order valence-corrected chi connectivity index (χ1v) is 5.92. The number of halogens is 2. The van der Waals surface area contributed by atoms with Gasteiger partial charge in [0.05, 0.1) is 6.61 Å². The smallest absolute Gasteiger partial charge is 0.260 e. The van der Waals surface area contributed by atoms with E-state index in [1.165, 1.54) is 17.9 Å². The summed E-state index contributed by atoms with van der Waals surface area (Å²) in [6.07, 6.45) is 1.64. The van der Waals surface area contributed by atoms with Gasteiger partial charge in [0, 0.05) is 12.6 Å². The third-order valence-corrected chi connectivity index (χ3v) is 3.09. The van der Waals surface area contributed by atoms with Gasteiger partial charge in [-0.25, -0.2) is 8.78 Å². The highest BCUT2D eigenvalue weighted by Gasteiger charge is 2.35. The van der Waals surface area contributed by atoms with Crippen LogP contribution in [0.2, 0.25) is 0 Å². The minimum atomic E-state index is -0.855. The van der Waals surface area contributed by atoms with Gasteiger partial charge in [0.15, 0.2) is 0 Å². The summed E-state index contributed by atoms with van der Waals surface area (Å²) < 4.78 is 27.5. The quantitative estimate of drug-likeness (QED) is 0.892. The monoisotopic (exact) mass is 255 g/mol. The van der Waals surface area contributed by atoms with E-state index in [1.807, 2.05) is 0 Å². The van der Waals surface area contributed by atoms with E-state index in [4.69, 9.17) is 5.11 Å². The summed E-state index contributed by atoms with van der Waals surface area (Å²) in [5.74, 6) is -2.35. The Morgan fingerprint density at radius 2 is 2.11 bits per heavy atom. The summed E-state index contributed by atoms with van der Waals surface area (Å²) in [5.41, 5.74) is -0.283. The van der Waals surface area contributed by atoms with E-state index in [-0.39, 0.29) is 24.8 Å². The Morgan fingerprint density at radius 3 is 2.67 bits per heavy atom. The van der Waals surface area contributed by atoms with Crippen molar-refractivity contribution >= 4 is 5.91 Å². The maximum absolute atomic E-state index is 13.8. The zero-order chi connectivity index (χ0) is 13.3. The van der Waals surface area contributed by atoms with Crippen LogP contribution in [0.5, 0.6) is 0 Å². The molecule has 5 heteroatoms. The molecule has 2 rings (SSSR count). The molecule has 0 radical (unpaired) electrons. The predicted octanol–water partition coefficient (Wildman–Crippen LogP) is 1.87. The molecule has 1 amide bonds. The van der Waals surface area contributed by atoms with Crippen molar-refractivity contribution in [3.8, 4) is 0 Å². The van der Waals surface area contributed by atoms with Crippen LogP contribution in [0.3, 0.4) is 0 Å². The zero-order valence-corrected chi connectivity index (χ0v) is 10.1. The molecule has 0 atom stereocenters. The molecule has 0 spiro atoms. The van der Waals surface area contributed by atoms with E-state index in [0.717, 1.165) is 18.9 Å². The second kappa shape index (κ2) is 5.02. The van der Waals surface area contributed by atoms with E-state index in [9.17, 15) is 13.6 Å². The average Bonchev–Trinajstić information content (AvgIpc) is 3.15. The van der Waals surface area contributed by atoms with Crippen molar-refractivity contribution in [3.63, 3.8) is 0 Å². The lowest BCUT2D eigenvalue weighted by atomic mass is 10.1. The highest BCUT2D eigenvalue weighted by Crippen LogP contribution is 2.29. The fourth-order valence-electron chi connectivity index (χ4n) is 1.94. The molecular formula is C13H15F2NO2. The summed E-state index contributed by atoms with van der Waals surface area (Å²) >= 11 is 0. The lowest BCUT2D eigenvalue weighted by molar-refractivity contribution is 0.0697. The van der Waals surface area contributed by atoms with Crippen LogP contribution >= 0.6 is 0 Å². The Bertz CT molecular complexity index is 472. The molecule has 0 unspecified atom stereocenters. The molecule has 0 bridgehead atoms. The van der Waals surface area contributed by atoms with Crippen molar-refractivity contribution in [2.45, 2.75) is 25.8 Å². The van der Waals surface area contributed by atoms with Crippen LogP contribution < -0.4 is 0 Å². The number of rotatable bonds is 4. The number of amides is 1. The number of nitrogens with zero attached hydrogens (tertiary/aromatic N) is 1. The van der Waals surface area contributed by atoms with Gasteiger partial charge in [-0.3, -0.25) is 4.79 Å². The highest BCUT2D eigenvalue weighted by atomic mass is 19.1. The van der Waals surface area contributed by atoms with E-state index < -0.39 is 23.1 Å². The molecule has 18 heavy (non-hydrogen) atoms. The zero-order valence-electron chi connectivity index (χ0n) is 10.1. The summed E-state index contributed by atoms with van der Waals surface area (Å²) in [5, 5.41) is 8.92. The number of aryl methyl sites for hydroxylation is 1. The maximum atomic E-state index is 13.8. The van der Waals surface area contributed by atoms with Crippen LogP contribution in [0.1, 0.15) is 28.8 Å². The lowest BCUT2D eigenvalue weighted by Gasteiger charge is -2.22. The van der Waals surface area contributed by atoms with Gasteiger partial charge >= 0.3 is 0 Å². The van der Waals surface area contributed by atoms with Gasteiger partial charge in [0.1, 0.15) is 17.2 Å². The van der Waals surface area contributed by atoms with Crippen LogP contribution in [0, 0.1) is 18.6 Å². The Hall–Kier alpha value is -1.49. The first-order valence-electron chi connectivity index (χ1n) is 5.92. The van der Waals surface area contributed by atoms with Crippen molar-refractivity contribution in [3.05, 3.63) is 34.9 Å². The van der Waals surface area contributed by atoms with E-state index >= 15 is 0 Å². The number of aliphatic hydroxyl groups excluding tert-OH is 1. The van der Waals surface area contributed by atoms with Crippen LogP contribution in [-0.4, -0.2) is 35.1 Å². The Morgan fingerprint density at radius 1 is 1.44 bits per heavy atom. The highest BCUT2D eigenvalue weighted by molar-refractivity contribution is 5.95. The minimum Gasteiger partial charge on any atom is -0.395 e. The number of aliphatic hydroxyl groups is 1. The van der Waals surface area contributed by atoms with Gasteiger partial charge in [-0.05, 0) is 31.4 Å². The molecule has 98 valence electrons. The van der Waals surface area contributed by atoms with E-state index in [0.29, 0.717) is 0 Å². The van der Waals surface area contributed by atoms with E-state index in [2.05, 4.69) is 0 Å². The van der Waals surface area contributed by atoms with Gasteiger partial charge in [-0.1, -0.05) is 6.07 Å². The molecule has 1 saturated carbocycles. The normalized spacial score (nSPS) is 14.7. The second-order valence-corrected chi connectivity index (χ2v) is 4.51. The van der Waals surface area contributed by atoms with Crippen LogP contribution in [0.15, 0.2) is 12.1 Å². The molecule has 3 nitrogen and oxygen atoms in total. The van der Waals surface area contributed by atoms with Crippen LogP contribution in [0.4, 0.5) is 8.78 Å². The maximum Gasteiger partial charge on any atom is 0.260 e. The first kappa shape index (κ1) is 13.0. The van der Waals surface area contributed by atoms with Crippen molar-refractivity contribution in [2.75, 3.05) is 13.2 Å². The van der Waals surface area contributed by atoms with Crippen molar-refractivity contribution in [1.82, 2.24) is 4.90 Å². The van der Waals surface area contributed by atoms with Gasteiger partial charge in [0.25, 0.3) is 5.91 Å². The molecule has 0 aliphatic heterocycles. The third-order valence-electron chi connectivity index (χ3n) is 3.09. The molecular weight excluding hydrogens is 240 g/mol. The molecule has 1 fully saturated rings.